The summed E-state index contributed by atoms with van der Waals surface area (Å²) < 4.78 is 26.4. The van der Waals surface area contributed by atoms with Crippen molar-refractivity contribution in [2.45, 2.75) is 47.5 Å². The topological polar surface area (TPSA) is 46.2 Å². The van der Waals surface area contributed by atoms with E-state index in [9.17, 15) is 8.42 Å². The van der Waals surface area contributed by atoms with Gasteiger partial charge in [-0.15, -0.1) is 11.6 Å². The third-order valence-electron chi connectivity index (χ3n) is 2.38. The summed E-state index contributed by atoms with van der Waals surface area (Å²) in [6.07, 6.45) is 1.84. The molecule has 0 aromatic rings. The predicted molar refractivity (Wildman–Crippen MR) is 75.0 cm³/mol. The van der Waals surface area contributed by atoms with Crippen molar-refractivity contribution in [1.82, 2.24) is 4.72 Å². The van der Waals surface area contributed by atoms with E-state index in [1.807, 2.05) is 20.8 Å². The minimum absolute atomic E-state index is 0.0418. The van der Waals surface area contributed by atoms with Gasteiger partial charge in [-0.2, -0.15) is 0 Å². The van der Waals surface area contributed by atoms with E-state index < -0.39 is 10.0 Å². The molecule has 0 aromatic carbocycles. The summed E-state index contributed by atoms with van der Waals surface area (Å²) in [5, 5.41) is 0. The molecule has 0 aliphatic rings. The van der Waals surface area contributed by atoms with Crippen LogP contribution in [0, 0.1) is 10.8 Å². The van der Waals surface area contributed by atoms with Crippen molar-refractivity contribution in [1.29, 1.82) is 0 Å². The normalized spacial score (nSPS) is 14.0. The van der Waals surface area contributed by atoms with Crippen molar-refractivity contribution in [2.24, 2.45) is 10.8 Å². The van der Waals surface area contributed by atoms with Gasteiger partial charge < -0.3 is 0 Å². The van der Waals surface area contributed by atoms with Gasteiger partial charge in [0.1, 0.15) is 0 Å². The first-order valence-electron chi connectivity index (χ1n) is 6.01. The molecule has 0 aliphatic heterocycles. The third kappa shape index (κ3) is 9.86. The Morgan fingerprint density at radius 2 is 1.65 bits per heavy atom. The van der Waals surface area contributed by atoms with E-state index >= 15 is 0 Å². The maximum absolute atomic E-state index is 11.8. The Kier molecular flexibility index (Phi) is 6.47. The highest BCUT2D eigenvalue weighted by atomic mass is 35.5. The molecule has 0 bridgehead atoms. The minimum atomic E-state index is -3.18. The second-order valence-electron chi connectivity index (χ2n) is 6.60. The largest absolute Gasteiger partial charge is 0.215 e. The molecule has 0 atom stereocenters. The zero-order chi connectivity index (χ0) is 13.7. The molecule has 0 heterocycles. The lowest BCUT2D eigenvalue weighted by molar-refractivity contribution is 0.330. The third-order valence-corrected chi connectivity index (χ3v) is 4.48. The van der Waals surface area contributed by atoms with Crippen molar-refractivity contribution in [3.05, 3.63) is 0 Å². The van der Waals surface area contributed by atoms with E-state index in [1.165, 1.54) is 0 Å². The van der Waals surface area contributed by atoms with Crippen LogP contribution in [-0.2, 0) is 10.0 Å². The molecule has 0 aromatic heterocycles. The van der Waals surface area contributed by atoms with Crippen LogP contribution in [-0.4, -0.2) is 26.6 Å². The lowest BCUT2D eigenvalue weighted by Crippen LogP contribution is -2.38. The highest BCUT2D eigenvalue weighted by Crippen LogP contribution is 2.22. The van der Waals surface area contributed by atoms with E-state index in [0.29, 0.717) is 12.4 Å². The van der Waals surface area contributed by atoms with Crippen LogP contribution in [0.15, 0.2) is 0 Å². The summed E-state index contributed by atoms with van der Waals surface area (Å²) in [7, 11) is -3.18. The molecular weight excluding hydrogens is 258 g/mol. The lowest BCUT2D eigenvalue weighted by Gasteiger charge is -2.26. The molecule has 0 fully saturated rings. The molecule has 0 saturated heterocycles. The Morgan fingerprint density at radius 1 is 1.12 bits per heavy atom. The number of sulfonamides is 1. The molecule has 0 saturated carbocycles. The van der Waals surface area contributed by atoms with Crippen LogP contribution in [0.4, 0.5) is 0 Å². The van der Waals surface area contributed by atoms with Gasteiger partial charge in [-0.1, -0.05) is 34.6 Å². The number of hydrogen-bond donors (Lipinski definition) is 1. The van der Waals surface area contributed by atoms with Gasteiger partial charge in [0.05, 0.1) is 5.75 Å². The maximum Gasteiger partial charge on any atom is 0.212 e. The van der Waals surface area contributed by atoms with Gasteiger partial charge >= 0.3 is 0 Å². The summed E-state index contributed by atoms with van der Waals surface area (Å²) >= 11 is 5.65. The summed E-state index contributed by atoms with van der Waals surface area (Å²) in [6.45, 7) is 10.3. The number of nitrogens with one attached hydrogen (secondary N) is 1. The first-order valence-corrected chi connectivity index (χ1v) is 8.19. The Bertz CT molecular complexity index is 318. The van der Waals surface area contributed by atoms with Gasteiger partial charge in [-0.25, -0.2) is 13.1 Å². The molecule has 104 valence electrons. The van der Waals surface area contributed by atoms with Crippen molar-refractivity contribution >= 4 is 21.6 Å². The monoisotopic (exact) mass is 283 g/mol. The van der Waals surface area contributed by atoms with Gasteiger partial charge in [-0.05, 0) is 23.7 Å². The van der Waals surface area contributed by atoms with Crippen LogP contribution >= 0.6 is 11.6 Å². The molecule has 0 rings (SSSR count). The second-order valence-corrected chi connectivity index (χ2v) is 8.78. The zero-order valence-corrected chi connectivity index (χ0v) is 13.2. The molecule has 1 N–H and O–H groups in total. The van der Waals surface area contributed by atoms with Crippen LogP contribution in [0.2, 0.25) is 0 Å². The highest BCUT2D eigenvalue weighted by Gasteiger charge is 2.24. The summed E-state index contributed by atoms with van der Waals surface area (Å²) in [5.74, 6) is 0.782. The number of hydrogen-bond acceptors (Lipinski definition) is 2. The molecule has 0 aliphatic carbocycles. The van der Waals surface area contributed by atoms with Crippen molar-refractivity contribution in [3.8, 4) is 0 Å². The van der Waals surface area contributed by atoms with E-state index in [-0.39, 0.29) is 16.6 Å². The quantitative estimate of drug-likeness (QED) is 0.730. The van der Waals surface area contributed by atoms with Crippen molar-refractivity contribution in [3.63, 3.8) is 0 Å². The fourth-order valence-electron chi connectivity index (χ4n) is 1.56. The molecule has 0 spiro atoms. The van der Waals surface area contributed by atoms with Gasteiger partial charge in [0.15, 0.2) is 0 Å². The molecule has 0 amide bonds. The Hall–Kier alpha value is 0.200. The minimum Gasteiger partial charge on any atom is -0.215 e. The van der Waals surface area contributed by atoms with Gasteiger partial charge in [0, 0.05) is 12.4 Å². The van der Waals surface area contributed by atoms with E-state index in [0.717, 1.165) is 12.8 Å². The van der Waals surface area contributed by atoms with E-state index in [1.54, 1.807) is 0 Å². The first-order chi connectivity index (χ1) is 7.47. The fraction of sp³-hybridized carbons (Fsp3) is 1.00. The van der Waals surface area contributed by atoms with Crippen molar-refractivity contribution < 1.29 is 8.42 Å². The average Bonchev–Trinajstić information content (AvgIpc) is 2.08. The standard InChI is InChI=1S/C12H26ClNO2S/c1-11(2,3)10-17(15,16)14-9-12(4,5)7-6-8-13/h14H,6-10H2,1-5H3. The fourth-order valence-corrected chi connectivity index (χ4v) is 3.55. The van der Waals surface area contributed by atoms with E-state index in [2.05, 4.69) is 18.6 Å². The van der Waals surface area contributed by atoms with Crippen molar-refractivity contribution in [2.75, 3.05) is 18.2 Å². The Balaban J connectivity index is 4.27. The van der Waals surface area contributed by atoms with Gasteiger partial charge in [-0.3, -0.25) is 0 Å². The Morgan fingerprint density at radius 3 is 2.06 bits per heavy atom. The van der Waals surface area contributed by atoms with Gasteiger partial charge in [0.2, 0.25) is 10.0 Å². The van der Waals surface area contributed by atoms with Crippen LogP contribution in [0.5, 0.6) is 0 Å². The average molecular weight is 284 g/mol. The number of rotatable bonds is 7. The van der Waals surface area contributed by atoms with Crippen LogP contribution in [0.1, 0.15) is 47.5 Å². The zero-order valence-electron chi connectivity index (χ0n) is 11.6. The number of halogens is 1. The maximum atomic E-state index is 11.8. The smallest absolute Gasteiger partial charge is 0.212 e. The lowest BCUT2D eigenvalue weighted by atomic mass is 9.88. The molecule has 17 heavy (non-hydrogen) atoms. The van der Waals surface area contributed by atoms with Crippen LogP contribution < -0.4 is 4.72 Å². The second kappa shape index (κ2) is 6.39. The molecule has 5 heteroatoms. The summed E-state index contributed by atoms with van der Waals surface area (Å²) in [5.41, 5.74) is -0.258. The van der Waals surface area contributed by atoms with Crippen LogP contribution in [0.25, 0.3) is 0 Å². The van der Waals surface area contributed by atoms with Gasteiger partial charge in [0.25, 0.3) is 0 Å². The molecule has 0 radical (unpaired) electrons. The highest BCUT2D eigenvalue weighted by molar-refractivity contribution is 7.89. The van der Waals surface area contributed by atoms with Crippen LogP contribution in [0.3, 0.4) is 0 Å². The predicted octanol–water partition coefficient (Wildman–Crippen LogP) is 3.00. The Labute approximate surface area is 111 Å². The molecule has 3 nitrogen and oxygen atoms in total. The van der Waals surface area contributed by atoms with E-state index in [4.69, 9.17) is 11.6 Å². The SMILES string of the molecule is CC(C)(C)CS(=O)(=O)NCC(C)(C)CCCCl. The summed E-state index contributed by atoms with van der Waals surface area (Å²) in [6, 6.07) is 0. The summed E-state index contributed by atoms with van der Waals surface area (Å²) in [4.78, 5) is 0. The molecular formula is C12H26ClNO2S. The number of alkyl halides is 1. The molecule has 0 unspecified atom stereocenters. The first kappa shape index (κ1) is 17.2.